The van der Waals surface area contributed by atoms with Crippen molar-refractivity contribution in [3.63, 3.8) is 0 Å². The Morgan fingerprint density at radius 2 is 1.56 bits per heavy atom. The topological polar surface area (TPSA) is 41.4 Å². The molecule has 4 nitrogen and oxygen atoms in total. The molecule has 0 fully saturated rings. The van der Waals surface area contributed by atoms with Crippen molar-refractivity contribution in [1.82, 2.24) is 9.97 Å². The van der Waals surface area contributed by atoms with Gasteiger partial charge in [0.05, 0.1) is 5.16 Å². The van der Waals surface area contributed by atoms with Crippen LogP contribution in [-0.2, 0) is 0 Å². The number of hydrazone groups is 1. The molecule has 0 saturated heterocycles. The lowest BCUT2D eigenvalue weighted by atomic mass is 10.4. The van der Waals surface area contributed by atoms with Gasteiger partial charge in [0.2, 0.25) is 0 Å². The molecule has 0 aliphatic rings. The highest BCUT2D eigenvalue weighted by Crippen LogP contribution is 2.20. The van der Waals surface area contributed by atoms with E-state index in [2.05, 4.69) is 32.4 Å². The maximum Gasteiger partial charge on any atom is 0.156 e. The second-order valence-electron chi connectivity index (χ2n) is 2.88. The largest absolute Gasteiger partial charge is 0.237 e. The number of pyridine rings is 2. The zero-order chi connectivity index (χ0) is 11.2. The number of anilines is 2. The summed E-state index contributed by atoms with van der Waals surface area (Å²) in [5.41, 5.74) is 0. The Balaban J connectivity index is 2.43. The lowest BCUT2D eigenvalue weighted by Crippen LogP contribution is -2.10. The van der Waals surface area contributed by atoms with Crippen molar-refractivity contribution in [3.05, 3.63) is 48.8 Å². The average molecular weight is 228 g/mol. The molecule has 0 radical (unpaired) electrons. The second kappa shape index (κ2) is 5.11. The minimum Gasteiger partial charge on any atom is -0.237 e. The van der Waals surface area contributed by atoms with Crippen molar-refractivity contribution in [2.45, 2.75) is 0 Å². The Hall–Kier alpha value is -2.10. The van der Waals surface area contributed by atoms with Gasteiger partial charge in [-0.15, -0.1) is 5.10 Å². The highest BCUT2D eigenvalue weighted by atomic mass is 32.1. The molecule has 2 aromatic rings. The average Bonchev–Trinajstić information content (AvgIpc) is 2.38. The van der Waals surface area contributed by atoms with Gasteiger partial charge in [0, 0.05) is 12.4 Å². The van der Waals surface area contributed by atoms with Crippen LogP contribution in [0, 0.1) is 0 Å². The van der Waals surface area contributed by atoms with Crippen LogP contribution in [0.1, 0.15) is 0 Å². The van der Waals surface area contributed by atoms with Gasteiger partial charge in [-0.25, -0.2) is 9.97 Å². The summed E-state index contributed by atoms with van der Waals surface area (Å²) >= 11 is 4.61. The first-order valence-corrected chi connectivity index (χ1v) is 5.02. The van der Waals surface area contributed by atoms with E-state index >= 15 is 0 Å². The third kappa shape index (κ3) is 2.28. The van der Waals surface area contributed by atoms with Gasteiger partial charge in [0.1, 0.15) is 0 Å². The van der Waals surface area contributed by atoms with E-state index in [1.807, 2.05) is 36.4 Å². The van der Waals surface area contributed by atoms with Crippen molar-refractivity contribution < 1.29 is 0 Å². The van der Waals surface area contributed by atoms with Crippen molar-refractivity contribution in [3.8, 4) is 0 Å². The predicted octanol–water partition coefficient (Wildman–Crippen LogP) is 2.63. The van der Waals surface area contributed by atoms with Gasteiger partial charge >= 0.3 is 0 Å². The first-order valence-electron chi connectivity index (χ1n) is 4.62. The van der Waals surface area contributed by atoms with Gasteiger partial charge in [-0.1, -0.05) is 12.1 Å². The van der Waals surface area contributed by atoms with E-state index in [9.17, 15) is 0 Å². The molecular formula is C11H8N4S. The van der Waals surface area contributed by atoms with Gasteiger partial charge in [0.15, 0.2) is 11.6 Å². The highest BCUT2D eigenvalue weighted by molar-refractivity contribution is 7.78. The van der Waals surface area contributed by atoms with Crippen molar-refractivity contribution in [2.24, 2.45) is 5.10 Å². The van der Waals surface area contributed by atoms with E-state index in [1.54, 1.807) is 12.4 Å². The number of aromatic nitrogens is 2. The molecule has 0 aliphatic carbocycles. The van der Waals surface area contributed by atoms with Gasteiger partial charge in [-0.2, -0.15) is 5.01 Å². The summed E-state index contributed by atoms with van der Waals surface area (Å²) in [6.45, 7) is 0. The maximum absolute atomic E-state index is 4.61. The summed E-state index contributed by atoms with van der Waals surface area (Å²) in [4.78, 5) is 8.36. The fourth-order valence-corrected chi connectivity index (χ4v) is 1.30. The van der Waals surface area contributed by atoms with E-state index in [0.717, 1.165) is 0 Å². The Morgan fingerprint density at radius 3 is 1.94 bits per heavy atom. The van der Waals surface area contributed by atoms with Crippen LogP contribution in [0.2, 0.25) is 0 Å². The molecule has 0 saturated carbocycles. The molecule has 16 heavy (non-hydrogen) atoms. The molecule has 0 atom stereocenters. The Labute approximate surface area is 98.3 Å². The first-order chi connectivity index (χ1) is 7.92. The van der Waals surface area contributed by atoms with Gasteiger partial charge in [-0.05, 0) is 36.5 Å². The zero-order valence-corrected chi connectivity index (χ0v) is 9.13. The lowest BCUT2D eigenvalue weighted by molar-refractivity contribution is 1.01. The third-order valence-electron chi connectivity index (χ3n) is 1.87. The molecule has 0 aliphatic heterocycles. The Bertz CT molecular complexity index is 454. The summed E-state index contributed by atoms with van der Waals surface area (Å²) in [5.74, 6) is 1.30. The third-order valence-corrected chi connectivity index (χ3v) is 1.96. The number of hydrogen-bond donors (Lipinski definition) is 0. The number of nitrogens with zero attached hydrogens (tertiary/aromatic N) is 4. The molecule has 5 heteroatoms. The first kappa shape index (κ1) is 10.4. The summed E-state index contributed by atoms with van der Waals surface area (Å²) in [7, 11) is 0. The van der Waals surface area contributed by atoms with Crippen LogP contribution in [0.15, 0.2) is 53.9 Å². The maximum atomic E-state index is 4.61. The number of rotatable bonds is 3. The van der Waals surface area contributed by atoms with Crippen molar-refractivity contribution in [1.29, 1.82) is 0 Å². The summed E-state index contributed by atoms with van der Waals surface area (Å²) in [6, 6.07) is 11.1. The molecule has 0 N–H and O–H groups in total. The van der Waals surface area contributed by atoms with Crippen LogP contribution in [0.25, 0.3) is 0 Å². The van der Waals surface area contributed by atoms with Crippen LogP contribution in [0.4, 0.5) is 11.6 Å². The van der Waals surface area contributed by atoms with Crippen molar-refractivity contribution in [2.75, 3.05) is 5.01 Å². The molecule has 0 bridgehead atoms. The summed E-state index contributed by atoms with van der Waals surface area (Å²) in [5, 5.41) is 7.79. The van der Waals surface area contributed by atoms with E-state index in [-0.39, 0.29) is 0 Å². The summed E-state index contributed by atoms with van der Waals surface area (Å²) in [6.07, 6.45) is 3.37. The molecule has 0 unspecified atom stereocenters. The molecule has 78 valence electrons. The minimum atomic E-state index is 0.651. The summed E-state index contributed by atoms with van der Waals surface area (Å²) < 4.78 is 0. The lowest BCUT2D eigenvalue weighted by Gasteiger charge is -2.14. The molecule has 2 heterocycles. The molecule has 0 aromatic carbocycles. The van der Waals surface area contributed by atoms with Gasteiger partial charge in [-0.3, -0.25) is 0 Å². The molecule has 0 spiro atoms. The second-order valence-corrected chi connectivity index (χ2v) is 3.06. The van der Waals surface area contributed by atoms with E-state index in [4.69, 9.17) is 0 Å². The van der Waals surface area contributed by atoms with Crippen molar-refractivity contribution >= 4 is 29.0 Å². The number of thiocarbonyl (C=S) groups is 1. The van der Waals surface area contributed by atoms with Gasteiger partial charge in [0.25, 0.3) is 0 Å². The zero-order valence-electron chi connectivity index (χ0n) is 8.32. The van der Waals surface area contributed by atoms with Crippen LogP contribution in [0.5, 0.6) is 0 Å². The number of hydrogen-bond acceptors (Lipinski definition) is 5. The fraction of sp³-hybridized carbons (Fsp3) is 0. The molecule has 0 amide bonds. The molecular weight excluding hydrogens is 220 g/mol. The van der Waals surface area contributed by atoms with E-state index < -0.39 is 0 Å². The Morgan fingerprint density at radius 1 is 1.00 bits per heavy atom. The fourth-order valence-electron chi connectivity index (χ4n) is 1.22. The predicted molar refractivity (Wildman–Crippen MR) is 65.6 cm³/mol. The van der Waals surface area contributed by atoms with Crippen LogP contribution in [-0.4, -0.2) is 15.1 Å². The quantitative estimate of drug-likeness (QED) is 0.460. The van der Waals surface area contributed by atoms with Crippen LogP contribution < -0.4 is 5.01 Å². The van der Waals surface area contributed by atoms with Crippen LogP contribution in [0.3, 0.4) is 0 Å². The highest BCUT2D eigenvalue weighted by Gasteiger charge is 2.08. The van der Waals surface area contributed by atoms with Gasteiger partial charge < -0.3 is 0 Å². The standard InChI is InChI=1S/C11H8N4S/c16-9-14-15(10-5-1-3-7-12-10)11-6-2-4-8-13-11/h1-8H. The molecule has 2 rings (SSSR count). The minimum absolute atomic E-state index is 0.651. The smallest absolute Gasteiger partial charge is 0.156 e. The SMILES string of the molecule is S=C=NN(c1ccccn1)c1ccccn1. The monoisotopic (exact) mass is 228 g/mol. The normalized spacial score (nSPS) is 9.25. The van der Waals surface area contributed by atoms with E-state index in [0.29, 0.717) is 11.6 Å². The van der Waals surface area contributed by atoms with E-state index in [1.165, 1.54) is 5.01 Å². The Kier molecular flexibility index (Phi) is 3.33. The molecule has 2 aromatic heterocycles. The van der Waals surface area contributed by atoms with Crippen LogP contribution >= 0.6 is 12.2 Å². The number of isothiocyanates is 1.